The van der Waals surface area contributed by atoms with E-state index in [1.807, 2.05) is 6.08 Å². The van der Waals surface area contributed by atoms with Gasteiger partial charge in [-0.1, -0.05) is 140 Å². The summed E-state index contributed by atoms with van der Waals surface area (Å²) >= 11 is 0. The Hall–Kier alpha value is -5.34. The molecule has 4 aromatic rings. The number of para-hydroxylation sites is 3. The predicted molar refractivity (Wildman–Crippen MR) is 192 cm³/mol. The van der Waals surface area contributed by atoms with Crippen LogP contribution < -0.4 is 9.80 Å². The van der Waals surface area contributed by atoms with E-state index in [-0.39, 0.29) is 12.1 Å². The molecule has 0 N–H and O–H groups in total. The monoisotopic (exact) mass is 580 g/mol. The summed E-state index contributed by atoms with van der Waals surface area (Å²) in [5.74, 6) is 0. The molecule has 2 aliphatic heterocycles. The van der Waals surface area contributed by atoms with E-state index in [0.29, 0.717) is 0 Å². The third-order valence-corrected chi connectivity index (χ3v) is 9.55. The molecular formula is C43H36N2. The molecule has 2 nitrogen and oxygen atoms in total. The van der Waals surface area contributed by atoms with Gasteiger partial charge in [-0.2, -0.15) is 0 Å². The van der Waals surface area contributed by atoms with Gasteiger partial charge in [0.2, 0.25) is 0 Å². The second-order valence-electron chi connectivity index (χ2n) is 11.9. The predicted octanol–water partition coefficient (Wildman–Crippen LogP) is 11.0. The Balaban J connectivity index is 1.40. The van der Waals surface area contributed by atoms with Crippen LogP contribution in [0.5, 0.6) is 0 Å². The minimum absolute atomic E-state index is 0.190. The molecule has 218 valence electrons. The minimum atomic E-state index is 0.190. The highest BCUT2D eigenvalue weighted by atomic mass is 15.2. The van der Waals surface area contributed by atoms with Gasteiger partial charge < -0.3 is 9.80 Å². The van der Waals surface area contributed by atoms with E-state index in [9.17, 15) is 0 Å². The number of anilines is 3. The highest BCUT2D eigenvalue weighted by Crippen LogP contribution is 2.53. The van der Waals surface area contributed by atoms with Crippen molar-refractivity contribution < 1.29 is 0 Å². The van der Waals surface area contributed by atoms with Crippen LogP contribution in [0.2, 0.25) is 0 Å². The lowest BCUT2D eigenvalue weighted by Gasteiger charge is -2.35. The average molecular weight is 581 g/mol. The number of nitrogens with zero attached hydrogens (tertiary/aromatic N) is 2. The molecule has 2 aliphatic carbocycles. The van der Waals surface area contributed by atoms with Gasteiger partial charge in [0.15, 0.2) is 0 Å². The topological polar surface area (TPSA) is 6.48 Å². The number of allylic oxidation sites excluding steroid dienone is 7. The zero-order chi connectivity index (χ0) is 30.3. The van der Waals surface area contributed by atoms with Crippen molar-refractivity contribution in [3.8, 4) is 22.3 Å². The molecule has 2 atom stereocenters. The molecule has 0 aromatic heterocycles. The number of fused-ring (bicyclic) bond motifs is 4. The van der Waals surface area contributed by atoms with Gasteiger partial charge in [-0.25, -0.2) is 0 Å². The van der Waals surface area contributed by atoms with Gasteiger partial charge >= 0.3 is 0 Å². The van der Waals surface area contributed by atoms with Crippen LogP contribution in [-0.2, 0) is 0 Å². The summed E-state index contributed by atoms with van der Waals surface area (Å²) in [6.07, 6.45) is 22.0. The lowest BCUT2D eigenvalue weighted by molar-refractivity contribution is 0.767. The van der Waals surface area contributed by atoms with Crippen LogP contribution in [0.25, 0.3) is 27.8 Å². The van der Waals surface area contributed by atoms with E-state index in [1.54, 1.807) is 0 Å². The molecule has 8 rings (SSSR count). The van der Waals surface area contributed by atoms with Gasteiger partial charge in [-0.15, -0.1) is 0 Å². The Morgan fingerprint density at radius 2 is 1.22 bits per heavy atom. The molecule has 2 heteroatoms. The van der Waals surface area contributed by atoms with Gasteiger partial charge in [0.1, 0.15) is 0 Å². The average Bonchev–Trinajstić information content (AvgIpc) is 3.61. The normalized spacial score (nSPS) is 19.8. The standard InChI is InChI=1S/C43H36N2/c1-3-17-32-33-20-10-15-29-42(33)45(38(32)4-2)43-31(30-18-6-5-7-19-30)24-16-25-37(43)36-23-11-14-28-41(36)44-39-26-12-8-21-34(39)35-22-9-13-27-40(35)44/h3-26,28,40,42H,2,27,29H2,1H3/b17-3-. The van der Waals surface area contributed by atoms with Gasteiger partial charge in [-0.05, 0) is 54.7 Å². The van der Waals surface area contributed by atoms with E-state index in [2.05, 4.69) is 169 Å². The molecule has 4 aromatic carbocycles. The first-order valence-corrected chi connectivity index (χ1v) is 16.0. The van der Waals surface area contributed by atoms with Crippen LogP contribution in [0.3, 0.4) is 0 Å². The van der Waals surface area contributed by atoms with Crippen LogP contribution in [0.15, 0.2) is 175 Å². The van der Waals surface area contributed by atoms with Crippen molar-refractivity contribution in [2.45, 2.75) is 31.8 Å². The first-order valence-electron chi connectivity index (χ1n) is 16.0. The fraction of sp³-hybridized carbons (Fsp3) is 0.116. The fourth-order valence-corrected chi connectivity index (χ4v) is 7.72. The highest BCUT2D eigenvalue weighted by Gasteiger charge is 2.39. The van der Waals surface area contributed by atoms with Gasteiger partial charge in [0.05, 0.1) is 17.8 Å². The number of rotatable bonds is 6. The smallest absolute Gasteiger partial charge is 0.0633 e. The van der Waals surface area contributed by atoms with Crippen molar-refractivity contribution in [1.29, 1.82) is 0 Å². The molecular weight excluding hydrogens is 544 g/mol. The van der Waals surface area contributed by atoms with E-state index < -0.39 is 0 Å². The molecule has 4 aliphatic rings. The van der Waals surface area contributed by atoms with E-state index in [1.165, 1.54) is 61.6 Å². The van der Waals surface area contributed by atoms with Crippen molar-refractivity contribution in [1.82, 2.24) is 0 Å². The molecule has 0 spiro atoms. The Morgan fingerprint density at radius 3 is 1.96 bits per heavy atom. The lowest BCUT2D eigenvalue weighted by Crippen LogP contribution is -2.32. The molecule has 0 radical (unpaired) electrons. The summed E-state index contributed by atoms with van der Waals surface area (Å²) in [5, 5.41) is 0. The molecule has 0 saturated heterocycles. The summed E-state index contributed by atoms with van der Waals surface area (Å²) in [6, 6.07) is 36.0. The maximum absolute atomic E-state index is 4.36. The zero-order valence-corrected chi connectivity index (χ0v) is 25.6. The maximum atomic E-state index is 4.36. The second kappa shape index (κ2) is 11.3. The van der Waals surface area contributed by atoms with Crippen LogP contribution in [0.1, 0.15) is 25.3 Å². The van der Waals surface area contributed by atoms with Crippen molar-refractivity contribution in [2.75, 3.05) is 9.80 Å². The lowest BCUT2D eigenvalue weighted by atomic mass is 9.91. The number of benzene rings is 4. The third kappa shape index (κ3) is 4.32. The SMILES string of the molecule is C=CC1=C(/C=C\C)C2=CC=CCC2N1c1c(-c2ccccc2)cccc1-c1ccccc1N1c2ccccc2C2=CC=CCC21. The van der Waals surface area contributed by atoms with Crippen LogP contribution in [-0.4, -0.2) is 12.1 Å². The molecule has 2 unspecified atom stereocenters. The zero-order valence-electron chi connectivity index (χ0n) is 25.6. The van der Waals surface area contributed by atoms with E-state index in [4.69, 9.17) is 0 Å². The fourth-order valence-electron chi connectivity index (χ4n) is 7.72. The molecule has 45 heavy (non-hydrogen) atoms. The van der Waals surface area contributed by atoms with Crippen molar-refractivity contribution in [3.63, 3.8) is 0 Å². The summed E-state index contributed by atoms with van der Waals surface area (Å²) < 4.78 is 0. The largest absolute Gasteiger partial charge is 0.332 e. The molecule has 0 bridgehead atoms. The Kier molecular flexibility index (Phi) is 6.84. The highest BCUT2D eigenvalue weighted by molar-refractivity contribution is 6.01. The van der Waals surface area contributed by atoms with Crippen molar-refractivity contribution >= 4 is 22.6 Å². The molecule has 0 fully saturated rings. The van der Waals surface area contributed by atoms with Crippen LogP contribution in [0.4, 0.5) is 17.1 Å². The summed E-state index contributed by atoms with van der Waals surface area (Å²) in [6.45, 7) is 6.46. The van der Waals surface area contributed by atoms with Gasteiger partial charge in [0, 0.05) is 44.9 Å². The second-order valence-corrected chi connectivity index (χ2v) is 11.9. The van der Waals surface area contributed by atoms with E-state index >= 15 is 0 Å². The molecule has 0 amide bonds. The maximum Gasteiger partial charge on any atom is 0.0633 e. The quantitative estimate of drug-likeness (QED) is 0.224. The summed E-state index contributed by atoms with van der Waals surface area (Å²) in [5.41, 5.74) is 15.1. The van der Waals surface area contributed by atoms with Crippen molar-refractivity contribution in [2.24, 2.45) is 0 Å². The summed E-state index contributed by atoms with van der Waals surface area (Å²) in [7, 11) is 0. The first-order chi connectivity index (χ1) is 22.3. The summed E-state index contributed by atoms with van der Waals surface area (Å²) in [4.78, 5) is 5.14. The first kappa shape index (κ1) is 27.2. The Labute approximate surface area is 266 Å². The van der Waals surface area contributed by atoms with Crippen LogP contribution >= 0.6 is 0 Å². The Bertz CT molecular complexity index is 2000. The Morgan fingerprint density at radius 1 is 0.622 bits per heavy atom. The number of hydrogen-bond acceptors (Lipinski definition) is 2. The third-order valence-electron chi connectivity index (χ3n) is 9.55. The minimum Gasteiger partial charge on any atom is -0.332 e. The van der Waals surface area contributed by atoms with Gasteiger partial charge in [0.25, 0.3) is 0 Å². The van der Waals surface area contributed by atoms with Gasteiger partial charge in [-0.3, -0.25) is 0 Å². The van der Waals surface area contributed by atoms with Crippen molar-refractivity contribution in [3.05, 3.63) is 181 Å². The number of hydrogen-bond donors (Lipinski definition) is 0. The van der Waals surface area contributed by atoms with Crippen LogP contribution in [0, 0.1) is 0 Å². The van der Waals surface area contributed by atoms with E-state index in [0.717, 1.165) is 18.5 Å². The molecule has 0 saturated carbocycles. The molecule has 2 heterocycles.